The summed E-state index contributed by atoms with van der Waals surface area (Å²) >= 11 is 0. The number of hydrogen-bond acceptors (Lipinski definition) is 3. The van der Waals surface area contributed by atoms with Gasteiger partial charge in [-0.2, -0.15) is 0 Å². The van der Waals surface area contributed by atoms with Gasteiger partial charge < -0.3 is 9.47 Å². The van der Waals surface area contributed by atoms with Crippen LogP contribution in [-0.4, -0.2) is 12.6 Å². The molecule has 13 heavy (non-hydrogen) atoms. The van der Waals surface area contributed by atoms with Crippen LogP contribution in [0.3, 0.4) is 0 Å². The number of hydrogen-bond donors (Lipinski definition) is 0. The fraction of sp³-hybridized carbons (Fsp3) is 0.300. The van der Waals surface area contributed by atoms with E-state index in [-0.39, 0.29) is 20.0 Å². The van der Waals surface area contributed by atoms with Gasteiger partial charge in [0.15, 0.2) is 17.3 Å². The second-order valence-corrected chi connectivity index (χ2v) is 2.62. The van der Waals surface area contributed by atoms with Crippen molar-refractivity contribution in [2.75, 3.05) is 6.79 Å². The minimum absolute atomic E-state index is 0. The minimum atomic E-state index is 0. The summed E-state index contributed by atoms with van der Waals surface area (Å²) in [5, 5.41) is 0. The highest BCUT2D eigenvalue weighted by Crippen LogP contribution is 2.32. The van der Waals surface area contributed by atoms with Crippen LogP contribution in [0.25, 0.3) is 0 Å². The third kappa shape index (κ3) is 1.64. The summed E-state index contributed by atoms with van der Waals surface area (Å²) < 4.78 is 10.2. The zero-order valence-electron chi connectivity index (χ0n) is 6.66. The van der Waals surface area contributed by atoms with Gasteiger partial charge in [0.2, 0.25) is 6.79 Å². The predicted octanol–water partition coefficient (Wildman–Crippen LogP) is 2.25. The summed E-state index contributed by atoms with van der Waals surface area (Å²) in [5.41, 5.74) is 0.652. The Morgan fingerprint density at radius 1 is 1.31 bits per heavy atom. The van der Waals surface area contributed by atoms with Gasteiger partial charge in [-0.1, -0.05) is 7.43 Å². The normalized spacial score (nSPS) is 12.1. The molecule has 3 nitrogen and oxygen atoms in total. The standard InChI is InChI=1S/C9H8O3.CH4/c1-6(10)7-2-3-8-9(4-7)12-5-11-8;/h2-4H,5H2,1H3;1H4. The third-order valence-corrected chi connectivity index (χ3v) is 1.78. The van der Waals surface area contributed by atoms with Crippen molar-refractivity contribution in [3.05, 3.63) is 23.8 Å². The lowest BCUT2D eigenvalue weighted by Crippen LogP contribution is -1.93. The van der Waals surface area contributed by atoms with Crippen LogP contribution in [0.4, 0.5) is 0 Å². The smallest absolute Gasteiger partial charge is 0.231 e. The average Bonchev–Trinajstić information content (AvgIpc) is 2.49. The highest BCUT2D eigenvalue weighted by atomic mass is 16.7. The second-order valence-electron chi connectivity index (χ2n) is 2.62. The molecule has 70 valence electrons. The number of benzene rings is 1. The number of ether oxygens (including phenoxy) is 2. The van der Waals surface area contributed by atoms with Gasteiger partial charge in [0.05, 0.1) is 0 Å². The molecule has 0 saturated heterocycles. The van der Waals surface area contributed by atoms with Crippen molar-refractivity contribution < 1.29 is 14.3 Å². The first-order valence-corrected chi connectivity index (χ1v) is 3.68. The maximum atomic E-state index is 10.9. The molecule has 0 N–H and O–H groups in total. The first-order valence-electron chi connectivity index (χ1n) is 3.68. The third-order valence-electron chi connectivity index (χ3n) is 1.78. The van der Waals surface area contributed by atoms with Crippen LogP contribution < -0.4 is 9.47 Å². The van der Waals surface area contributed by atoms with Gasteiger partial charge in [-0.05, 0) is 25.1 Å². The van der Waals surface area contributed by atoms with Crippen molar-refractivity contribution in [1.82, 2.24) is 0 Å². The Morgan fingerprint density at radius 2 is 2.00 bits per heavy atom. The van der Waals surface area contributed by atoms with Gasteiger partial charge in [0.1, 0.15) is 0 Å². The number of fused-ring (bicyclic) bond motifs is 1. The Morgan fingerprint density at radius 3 is 2.69 bits per heavy atom. The van der Waals surface area contributed by atoms with Gasteiger partial charge in [0.25, 0.3) is 0 Å². The number of ketones is 1. The Labute approximate surface area is 77.3 Å². The molecule has 1 aliphatic heterocycles. The molecule has 0 bridgehead atoms. The van der Waals surface area contributed by atoms with Gasteiger partial charge in [0, 0.05) is 5.56 Å². The Kier molecular flexibility index (Phi) is 2.56. The van der Waals surface area contributed by atoms with Crippen LogP contribution in [-0.2, 0) is 0 Å². The SMILES string of the molecule is C.CC(=O)c1ccc2c(c1)OCO2. The van der Waals surface area contributed by atoms with E-state index in [1.807, 2.05) is 0 Å². The molecule has 0 spiro atoms. The molecule has 1 aromatic carbocycles. The van der Waals surface area contributed by atoms with E-state index in [4.69, 9.17) is 9.47 Å². The van der Waals surface area contributed by atoms with Gasteiger partial charge in [-0.25, -0.2) is 0 Å². The lowest BCUT2D eigenvalue weighted by atomic mass is 10.1. The van der Waals surface area contributed by atoms with Crippen LogP contribution in [0, 0.1) is 0 Å². The van der Waals surface area contributed by atoms with Crippen LogP contribution >= 0.6 is 0 Å². The van der Waals surface area contributed by atoms with Crippen molar-refractivity contribution in [1.29, 1.82) is 0 Å². The molecule has 0 fully saturated rings. The summed E-state index contributed by atoms with van der Waals surface area (Å²) in [6, 6.07) is 5.18. The topological polar surface area (TPSA) is 35.5 Å². The quantitative estimate of drug-likeness (QED) is 0.622. The van der Waals surface area contributed by atoms with E-state index < -0.39 is 0 Å². The molecule has 1 heterocycles. The summed E-state index contributed by atoms with van der Waals surface area (Å²) in [5.74, 6) is 1.40. The van der Waals surface area contributed by atoms with Crippen molar-refractivity contribution >= 4 is 5.78 Å². The van der Waals surface area contributed by atoms with Gasteiger partial charge in [-0.15, -0.1) is 0 Å². The summed E-state index contributed by atoms with van der Waals surface area (Å²) in [6.45, 7) is 1.77. The van der Waals surface area contributed by atoms with E-state index in [2.05, 4.69) is 0 Å². The summed E-state index contributed by atoms with van der Waals surface area (Å²) in [7, 11) is 0. The first kappa shape index (κ1) is 9.58. The number of carbonyl (C=O) groups is 1. The molecular formula is C10H12O3. The van der Waals surface area contributed by atoms with E-state index in [0.717, 1.165) is 0 Å². The molecular weight excluding hydrogens is 168 g/mol. The largest absolute Gasteiger partial charge is 0.454 e. The monoisotopic (exact) mass is 180 g/mol. The predicted molar refractivity (Wildman–Crippen MR) is 49.3 cm³/mol. The van der Waals surface area contributed by atoms with Gasteiger partial charge in [-0.3, -0.25) is 4.79 Å². The van der Waals surface area contributed by atoms with E-state index in [9.17, 15) is 4.79 Å². The zero-order valence-corrected chi connectivity index (χ0v) is 6.66. The van der Waals surface area contributed by atoms with Crippen LogP contribution in [0.2, 0.25) is 0 Å². The Hall–Kier alpha value is -1.51. The molecule has 2 rings (SSSR count). The highest BCUT2D eigenvalue weighted by Gasteiger charge is 2.13. The second kappa shape index (κ2) is 3.47. The summed E-state index contributed by atoms with van der Waals surface area (Å²) in [6.07, 6.45) is 0. The van der Waals surface area contributed by atoms with E-state index in [1.54, 1.807) is 18.2 Å². The van der Waals surface area contributed by atoms with Crippen molar-refractivity contribution in [3.8, 4) is 11.5 Å². The molecule has 0 aliphatic carbocycles. The molecule has 0 saturated carbocycles. The zero-order chi connectivity index (χ0) is 8.55. The number of carbonyl (C=O) groups excluding carboxylic acids is 1. The van der Waals surface area contributed by atoms with Crippen molar-refractivity contribution in [2.45, 2.75) is 14.4 Å². The maximum Gasteiger partial charge on any atom is 0.231 e. The lowest BCUT2D eigenvalue weighted by molar-refractivity contribution is 0.101. The van der Waals surface area contributed by atoms with Crippen LogP contribution in [0.5, 0.6) is 11.5 Å². The van der Waals surface area contributed by atoms with Crippen molar-refractivity contribution in [2.24, 2.45) is 0 Å². The molecule has 0 unspecified atom stereocenters. The van der Waals surface area contributed by atoms with Gasteiger partial charge >= 0.3 is 0 Å². The lowest BCUT2D eigenvalue weighted by Gasteiger charge is -1.97. The highest BCUT2D eigenvalue weighted by molar-refractivity contribution is 5.94. The Bertz CT molecular complexity index is 331. The van der Waals surface area contributed by atoms with Crippen LogP contribution in [0.1, 0.15) is 24.7 Å². The Balaban J connectivity index is 0.000000845. The maximum absolute atomic E-state index is 10.9. The molecule has 3 heteroatoms. The fourth-order valence-electron chi connectivity index (χ4n) is 1.12. The molecule has 0 amide bonds. The van der Waals surface area contributed by atoms with E-state index in [1.165, 1.54) is 6.92 Å². The molecule has 0 radical (unpaired) electrons. The average molecular weight is 180 g/mol. The van der Waals surface area contributed by atoms with Crippen LogP contribution in [0.15, 0.2) is 18.2 Å². The minimum Gasteiger partial charge on any atom is -0.454 e. The summed E-state index contributed by atoms with van der Waals surface area (Å²) in [4.78, 5) is 10.9. The molecule has 0 aromatic heterocycles. The molecule has 1 aromatic rings. The molecule has 0 atom stereocenters. The number of Topliss-reactive ketones (excluding diaryl/α,β-unsaturated/α-hetero) is 1. The van der Waals surface area contributed by atoms with Crippen molar-refractivity contribution in [3.63, 3.8) is 0 Å². The fourth-order valence-corrected chi connectivity index (χ4v) is 1.12. The van der Waals surface area contributed by atoms with E-state index >= 15 is 0 Å². The first-order chi connectivity index (χ1) is 5.77. The van der Waals surface area contributed by atoms with E-state index in [0.29, 0.717) is 17.1 Å². The molecule has 1 aliphatic rings. The number of rotatable bonds is 1.